The number of rotatable bonds is 3. The Morgan fingerprint density at radius 1 is 1.29 bits per heavy atom. The molecule has 21 heavy (non-hydrogen) atoms. The minimum Gasteiger partial charge on any atom is -0.338 e. The lowest BCUT2D eigenvalue weighted by molar-refractivity contribution is 0.0790. The Bertz CT molecular complexity index is 630. The van der Waals surface area contributed by atoms with E-state index in [2.05, 4.69) is 29.2 Å². The fourth-order valence-corrected chi connectivity index (χ4v) is 3.18. The second kappa shape index (κ2) is 6.31. The second-order valence-corrected chi connectivity index (χ2v) is 6.14. The van der Waals surface area contributed by atoms with Gasteiger partial charge in [-0.05, 0) is 24.3 Å². The molecule has 1 saturated heterocycles. The molecule has 0 bridgehead atoms. The Balaban J connectivity index is 1.72. The third kappa shape index (κ3) is 3.10. The van der Waals surface area contributed by atoms with Crippen molar-refractivity contribution in [1.82, 2.24) is 9.88 Å². The monoisotopic (exact) mass is 298 g/mol. The predicted molar refractivity (Wildman–Crippen MR) is 85.7 cm³/mol. The second-order valence-electron chi connectivity index (χ2n) is 5.26. The quantitative estimate of drug-likeness (QED) is 0.814. The summed E-state index contributed by atoms with van der Waals surface area (Å²) in [5, 5.41) is 0. The van der Waals surface area contributed by atoms with Gasteiger partial charge in [-0.3, -0.25) is 9.78 Å². The zero-order chi connectivity index (χ0) is 14.7. The van der Waals surface area contributed by atoms with Gasteiger partial charge < -0.3 is 4.90 Å². The van der Waals surface area contributed by atoms with E-state index in [4.69, 9.17) is 0 Å². The van der Waals surface area contributed by atoms with Gasteiger partial charge in [-0.2, -0.15) is 0 Å². The van der Waals surface area contributed by atoms with E-state index in [1.165, 1.54) is 5.56 Å². The SMILES string of the molecule is CSc1cncc(C(=O)N2CCC(c3ccccc3)C2)c1. The number of benzene rings is 1. The molecule has 1 aromatic carbocycles. The van der Waals surface area contributed by atoms with Crippen molar-refractivity contribution in [3.8, 4) is 0 Å². The molecule has 1 unspecified atom stereocenters. The van der Waals surface area contributed by atoms with Crippen molar-refractivity contribution >= 4 is 17.7 Å². The highest BCUT2D eigenvalue weighted by Gasteiger charge is 2.28. The van der Waals surface area contributed by atoms with Crippen molar-refractivity contribution < 1.29 is 4.79 Å². The minimum absolute atomic E-state index is 0.0943. The lowest BCUT2D eigenvalue weighted by Gasteiger charge is -2.17. The lowest BCUT2D eigenvalue weighted by Crippen LogP contribution is -2.28. The topological polar surface area (TPSA) is 33.2 Å². The number of pyridine rings is 1. The van der Waals surface area contributed by atoms with Gasteiger partial charge in [0.25, 0.3) is 5.91 Å². The molecule has 2 heterocycles. The van der Waals surface area contributed by atoms with Crippen molar-refractivity contribution in [2.45, 2.75) is 17.2 Å². The van der Waals surface area contributed by atoms with Gasteiger partial charge in [0, 0.05) is 36.3 Å². The average Bonchev–Trinajstić information content (AvgIpc) is 3.05. The van der Waals surface area contributed by atoms with E-state index in [-0.39, 0.29) is 5.91 Å². The van der Waals surface area contributed by atoms with Crippen LogP contribution < -0.4 is 0 Å². The number of amides is 1. The van der Waals surface area contributed by atoms with Crippen molar-refractivity contribution in [3.63, 3.8) is 0 Å². The summed E-state index contributed by atoms with van der Waals surface area (Å²) in [5.41, 5.74) is 2.01. The summed E-state index contributed by atoms with van der Waals surface area (Å²) >= 11 is 1.61. The maximum atomic E-state index is 12.6. The zero-order valence-electron chi connectivity index (χ0n) is 12.0. The lowest BCUT2D eigenvalue weighted by atomic mass is 9.99. The summed E-state index contributed by atoms with van der Waals surface area (Å²) in [4.78, 5) is 19.7. The molecule has 0 N–H and O–H groups in total. The first kappa shape index (κ1) is 14.1. The molecular formula is C17H18N2OS. The van der Waals surface area contributed by atoms with E-state index in [1.54, 1.807) is 24.2 Å². The Kier molecular flexibility index (Phi) is 4.25. The van der Waals surface area contributed by atoms with Crippen LogP contribution in [0.1, 0.15) is 28.3 Å². The number of carbonyl (C=O) groups is 1. The molecule has 1 amide bonds. The molecule has 3 rings (SSSR count). The zero-order valence-corrected chi connectivity index (χ0v) is 12.8. The molecule has 1 fully saturated rings. The summed E-state index contributed by atoms with van der Waals surface area (Å²) in [6, 6.07) is 12.4. The van der Waals surface area contributed by atoms with Gasteiger partial charge >= 0.3 is 0 Å². The van der Waals surface area contributed by atoms with E-state index < -0.39 is 0 Å². The van der Waals surface area contributed by atoms with Crippen LogP contribution in [0.4, 0.5) is 0 Å². The maximum Gasteiger partial charge on any atom is 0.255 e. The number of nitrogens with zero attached hydrogens (tertiary/aromatic N) is 2. The van der Waals surface area contributed by atoms with Crippen molar-refractivity contribution in [2.75, 3.05) is 19.3 Å². The Hall–Kier alpha value is -1.81. The Labute approximate surface area is 129 Å². The third-order valence-corrected chi connectivity index (χ3v) is 4.64. The number of thioether (sulfide) groups is 1. The number of likely N-dealkylation sites (tertiary alicyclic amines) is 1. The average molecular weight is 298 g/mol. The molecule has 108 valence electrons. The van der Waals surface area contributed by atoms with Crippen LogP contribution >= 0.6 is 11.8 Å². The van der Waals surface area contributed by atoms with Crippen LogP contribution in [0.15, 0.2) is 53.7 Å². The number of hydrogen-bond donors (Lipinski definition) is 0. The van der Waals surface area contributed by atoms with Crippen LogP contribution in [0.25, 0.3) is 0 Å². The summed E-state index contributed by atoms with van der Waals surface area (Å²) in [5.74, 6) is 0.545. The molecule has 1 aliphatic rings. The van der Waals surface area contributed by atoms with Crippen LogP contribution in [-0.4, -0.2) is 35.1 Å². The van der Waals surface area contributed by atoms with Crippen LogP contribution in [0, 0.1) is 0 Å². The van der Waals surface area contributed by atoms with E-state index >= 15 is 0 Å². The fraction of sp³-hybridized carbons (Fsp3) is 0.294. The first-order valence-electron chi connectivity index (χ1n) is 7.11. The molecule has 0 spiro atoms. The van der Waals surface area contributed by atoms with Crippen molar-refractivity contribution in [2.24, 2.45) is 0 Å². The Morgan fingerprint density at radius 3 is 2.86 bits per heavy atom. The van der Waals surface area contributed by atoms with Gasteiger partial charge in [0.2, 0.25) is 0 Å². The van der Waals surface area contributed by atoms with Crippen LogP contribution in [0.2, 0.25) is 0 Å². The third-order valence-electron chi connectivity index (χ3n) is 3.94. The molecule has 1 atom stereocenters. The van der Waals surface area contributed by atoms with E-state index in [9.17, 15) is 4.79 Å². The summed E-state index contributed by atoms with van der Waals surface area (Å²) in [6.07, 6.45) is 6.48. The minimum atomic E-state index is 0.0943. The summed E-state index contributed by atoms with van der Waals surface area (Å²) in [6.45, 7) is 1.62. The molecule has 2 aromatic rings. The van der Waals surface area contributed by atoms with Gasteiger partial charge in [0.15, 0.2) is 0 Å². The number of carbonyl (C=O) groups excluding carboxylic acids is 1. The molecule has 1 aromatic heterocycles. The van der Waals surface area contributed by atoms with Gasteiger partial charge in [0.1, 0.15) is 0 Å². The first-order valence-corrected chi connectivity index (χ1v) is 8.33. The molecular weight excluding hydrogens is 280 g/mol. The summed E-state index contributed by atoms with van der Waals surface area (Å²) < 4.78 is 0. The first-order chi connectivity index (χ1) is 10.3. The Morgan fingerprint density at radius 2 is 2.10 bits per heavy atom. The standard InChI is InChI=1S/C17H18N2OS/c1-21-16-9-15(10-18-11-16)17(20)19-8-7-14(12-19)13-5-3-2-4-6-13/h2-6,9-11,14H,7-8,12H2,1H3. The van der Waals surface area contributed by atoms with Crippen LogP contribution in [-0.2, 0) is 0 Å². The molecule has 4 heteroatoms. The smallest absolute Gasteiger partial charge is 0.255 e. The highest BCUT2D eigenvalue weighted by atomic mass is 32.2. The van der Waals surface area contributed by atoms with Gasteiger partial charge in [-0.1, -0.05) is 30.3 Å². The predicted octanol–water partition coefficient (Wildman–Crippen LogP) is 3.43. The number of aromatic nitrogens is 1. The fourth-order valence-electron chi connectivity index (χ4n) is 2.77. The molecule has 0 saturated carbocycles. The largest absolute Gasteiger partial charge is 0.338 e. The van der Waals surface area contributed by atoms with Gasteiger partial charge in [0.05, 0.1) is 5.56 Å². The van der Waals surface area contributed by atoms with E-state index in [1.807, 2.05) is 23.3 Å². The molecule has 0 aliphatic carbocycles. The van der Waals surface area contributed by atoms with E-state index in [0.29, 0.717) is 11.5 Å². The highest BCUT2D eigenvalue weighted by molar-refractivity contribution is 7.98. The van der Waals surface area contributed by atoms with Gasteiger partial charge in [-0.25, -0.2) is 0 Å². The highest BCUT2D eigenvalue weighted by Crippen LogP contribution is 2.28. The van der Waals surface area contributed by atoms with Crippen LogP contribution in [0.5, 0.6) is 0 Å². The maximum absolute atomic E-state index is 12.6. The normalized spacial score (nSPS) is 18.0. The molecule has 0 radical (unpaired) electrons. The molecule has 3 nitrogen and oxygen atoms in total. The van der Waals surface area contributed by atoms with Gasteiger partial charge in [-0.15, -0.1) is 11.8 Å². The number of hydrogen-bond acceptors (Lipinski definition) is 3. The van der Waals surface area contributed by atoms with Crippen LogP contribution in [0.3, 0.4) is 0 Å². The van der Waals surface area contributed by atoms with Crippen molar-refractivity contribution in [3.05, 3.63) is 59.9 Å². The molecule has 1 aliphatic heterocycles. The summed E-state index contributed by atoms with van der Waals surface area (Å²) in [7, 11) is 0. The van der Waals surface area contributed by atoms with Crippen molar-refractivity contribution in [1.29, 1.82) is 0 Å². The van der Waals surface area contributed by atoms with E-state index in [0.717, 1.165) is 24.4 Å².